The summed E-state index contributed by atoms with van der Waals surface area (Å²) in [6.07, 6.45) is 7.19. The van der Waals surface area contributed by atoms with Crippen LogP contribution in [0.3, 0.4) is 0 Å². The summed E-state index contributed by atoms with van der Waals surface area (Å²) in [7, 11) is -1.94. The van der Waals surface area contributed by atoms with E-state index in [-0.39, 0.29) is 17.1 Å². The number of aromatic nitrogens is 1. The summed E-state index contributed by atoms with van der Waals surface area (Å²) in [6, 6.07) is 6.22. The Morgan fingerprint density at radius 1 is 1.30 bits per heavy atom. The van der Waals surface area contributed by atoms with Gasteiger partial charge in [0.05, 0.1) is 6.10 Å². The largest absolute Gasteiger partial charge is 0.441 e. The van der Waals surface area contributed by atoms with E-state index in [2.05, 4.69) is 64.0 Å². The third-order valence-corrected chi connectivity index (χ3v) is 10.8. The highest BCUT2D eigenvalue weighted by molar-refractivity contribution is 6.74. The molecule has 0 fully saturated rings. The standard InChI is InChI=1S/C25H39NO3Si/c1-18(10-9-11-19(2)17-27)12-14-23(29-30(7,8)25(4,5)6)21-13-15-24-22(16-21)26-20(3)28-24/h12-13,15-17,19,23H,9-11,14H2,1-8H3/t19-,23-/m0/s1. The van der Waals surface area contributed by atoms with Gasteiger partial charge in [0.15, 0.2) is 19.8 Å². The number of carbonyl (C=O) groups is 1. The van der Waals surface area contributed by atoms with Crippen LogP contribution in [0.25, 0.3) is 11.1 Å². The van der Waals surface area contributed by atoms with Crippen molar-refractivity contribution in [1.82, 2.24) is 4.98 Å². The summed E-state index contributed by atoms with van der Waals surface area (Å²) in [6.45, 7) is 17.5. The lowest BCUT2D eigenvalue weighted by Crippen LogP contribution is -2.41. The van der Waals surface area contributed by atoms with Crippen LogP contribution in [0.5, 0.6) is 0 Å². The molecule has 5 heteroatoms. The molecule has 1 aromatic heterocycles. The number of aryl methyl sites for hydroxylation is 1. The van der Waals surface area contributed by atoms with Gasteiger partial charge in [0.2, 0.25) is 0 Å². The smallest absolute Gasteiger partial charge is 0.192 e. The molecule has 166 valence electrons. The summed E-state index contributed by atoms with van der Waals surface area (Å²) in [5.74, 6) is 0.828. The first kappa shape index (κ1) is 24.5. The highest BCUT2D eigenvalue weighted by Gasteiger charge is 2.39. The van der Waals surface area contributed by atoms with Crippen molar-refractivity contribution in [2.45, 2.75) is 91.5 Å². The molecule has 30 heavy (non-hydrogen) atoms. The molecule has 0 aliphatic rings. The van der Waals surface area contributed by atoms with Gasteiger partial charge in [-0.3, -0.25) is 0 Å². The second kappa shape index (κ2) is 10.1. The van der Waals surface area contributed by atoms with Crippen LogP contribution in [0.15, 0.2) is 34.3 Å². The van der Waals surface area contributed by atoms with Gasteiger partial charge in [0, 0.05) is 12.8 Å². The quantitative estimate of drug-likeness (QED) is 0.222. The maximum absolute atomic E-state index is 10.8. The first-order valence-corrected chi connectivity index (χ1v) is 14.0. The van der Waals surface area contributed by atoms with Crippen molar-refractivity contribution < 1.29 is 13.6 Å². The van der Waals surface area contributed by atoms with E-state index in [1.165, 1.54) is 5.57 Å². The van der Waals surface area contributed by atoms with E-state index < -0.39 is 8.32 Å². The van der Waals surface area contributed by atoms with Crippen molar-refractivity contribution in [1.29, 1.82) is 0 Å². The number of oxazole rings is 1. The Hall–Kier alpha value is -1.72. The molecule has 0 unspecified atom stereocenters. The van der Waals surface area contributed by atoms with Crippen LogP contribution >= 0.6 is 0 Å². The van der Waals surface area contributed by atoms with E-state index in [0.717, 1.165) is 48.6 Å². The Bertz CT molecular complexity index is 876. The Labute approximate surface area is 183 Å². The molecule has 2 rings (SSSR count). The number of benzene rings is 1. The Kier molecular flexibility index (Phi) is 8.23. The van der Waals surface area contributed by atoms with Crippen LogP contribution in [0.4, 0.5) is 0 Å². The molecule has 0 amide bonds. The van der Waals surface area contributed by atoms with Gasteiger partial charge in [-0.05, 0) is 68.4 Å². The fourth-order valence-corrected chi connectivity index (χ4v) is 4.52. The minimum atomic E-state index is -1.94. The van der Waals surface area contributed by atoms with Crippen molar-refractivity contribution in [3.63, 3.8) is 0 Å². The van der Waals surface area contributed by atoms with Crippen LogP contribution in [-0.4, -0.2) is 19.6 Å². The van der Waals surface area contributed by atoms with Gasteiger partial charge in [-0.2, -0.15) is 0 Å². The molecule has 2 atom stereocenters. The molecule has 0 saturated heterocycles. The fraction of sp³-hybridized carbons (Fsp3) is 0.600. The van der Waals surface area contributed by atoms with Crippen LogP contribution in [0.2, 0.25) is 18.1 Å². The van der Waals surface area contributed by atoms with E-state index in [4.69, 9.17) is 8.84 Å². The molecule has 4 nitrogen and oxygen atoms in total. The molecule has 0 saturated carbocycles. The number of aldehydes is 1. The molecular formula is C25H39NO3Si. The van der Waals surface area contributed by atoms with Crippen molar-refractivity contribution >= 4 is 25.7 Å². The van der Waals surface area contributed by atoms with Gasteiger partial charge in [-0.1, -0.05) is 45.4 Å². The zero-order valence-corrected chi connectivity index (χ0v) is 21.0. The lowest BCUT2D eigenvalue weighted by Gasteiger charge is -2.39. The summed E-state index contributed by atoms with van der Waals surface area (Å²) >= 11 is 0. The highest BCUT2D eigenvalue weighted by atomic mass is 28.4. The average molecular weight is 430 g/mol. The van der Waals surface area contributed by atoms with Crippen LogP contribution in [0, 0.1) is 12.8 Å². The summed E-state index contributed by atoms with van der Waals surface area (Å²) in [5, 5.41) is 0.142. The maximum atomic E-state index is 10.8. The molecule has 0 aliphatic carbocycles. The second-order valence-corrected chi connectivity index (χ2v) is 14.9. The molecule has 2 aromatic rings. The minimum Gasteiger partial charge on any atom is -0.441 e. The molecule has 1 aromatic carbocycles. The zero-order chi connectivity index (χ0) is 22.5. The molecular weight excluding hydrogens is 390 g/mol. The predicted molar refractivity (Wildman–Crippen MR) is 127 cm³/mol. The second-order valence-electron chi connectivity index (χ2n) is 10.1. The average Bonchev–Trinajstić information content (AvgIpc) is 3.03. The van der Waals surface area contributed by atoms with E-state index >= 15 is 0 Å². The number of allylic oxidation sites excluding steroid dienone is 1. The molecule has 0 aliphatic heterocycles. The van der Waals surface area contributed by atoms with Crippen LogP contribution < -0.4 is 0 Å². The number of rotatable bonds is 10. The fourth-order valence-electron chi connectivity index (χ4n) is 3.23. The SMILES string of the molecule is CC(=CC[C@H](O[Si](C)(C)C(C)(C)C)c1ccc2oc(C)nc2c1)CCC[C@H](C)C=O. The molecule has 1 heterocycles. The Morgan fingerprint density at radius 3 is 2.63 bits per heavy atom. The first-order valence-electron chi connectivity index (χ1n) is 11.1. The lowest BCUT2D eigenvalue weighted by molar-refractivity contribution is -0.110. The van der Waals surface area contributed by atoms with E-state index in [0.29, 0.717) is 5.89 Å². The summed E-state index contributed by atoms with van der Waals surface area (Å²) < 4.78 is 12.5. The van der Waals surface area contributed by atoms with Gasteiger partial charge in [0.25, 0.3) is 0 Å². The molecule has 0 spiro atoms. The van der Waals surface area contributed by atoms with E-state index in [1.54, 1.807) is 0 Å². The minimum absolute atomic E-state index is 0.00357. The predicted octanol–water partition coefficient (Wildman–Crippen LogP) is 7.54. The van der Waals surface area contributed by atoms with Crippen molar-refractivity contribution in [3.05, 3.63) is 41.3 Å². The van der Waals surface area contributed by atoms with Crippen molar-refractivity contribution in [3.8, 4) is 0 Å². The van der Waals surface area contributed by atoms with Gasteiger partial charge < -0.3 is 13.6 Å². The summed E-state index contributed by atoms with van der Waals surface area (Å²) in [5.41, 5.74) is 4.21. The van der Waals surface area contributed by atoms with E-state index in [1.807, 2.05) is 19.9 Å². The number of carbonyl (C=O) groups excluding carboxylic acids is 1. The van der Waals surface area contributed by atoms with Gasteiger partial charge in [-0.25, -0.2) is 4.98 Å². The first-order chi connectivity index (χ1) is 13.9. The monoisotopic (exact) mass is 429 g/mol. The van der Waals surface area contributed by atoms with Crippen molar-refractivity contribution in [2.75, 3.05) is 0 Å². The third kappa shape index (κ3) is 6.64. The number of hydrogen-bond donors (Lipinski definition) is 0. The molecule has 0 radical (unpaired) electrons. The maximum Gasteiger partial charge on any atom is 0.192 e. The van der Waals surface area contributed by atoms with Gasteiger partial charge in [0.1, 0.15) is 11.8 Å². The topological polar surface area (TPSA) is 52.3 Å². The van der Waals surface area contributed by atoms with Crippen molar-refractivity contribution in [2.24, 2.45) is 5.92 Å². The Morgan fingerprint density at radius 2 is 2.00 bits per heavy atom. The Balaban J connectivity index is 2.22. The number of hydrogen-bond acceptors (Lipinski definition) is 4. The van der Waals surface area contributed by atoms with Crippen LogP contribution in [-0.2, 0) is 9.22 Å². The normalized spacial score (nSPS) is 15.4. The third-order valence-electron chi connectivity index (χ3n) is 6.28. The lowest BCUT2D eigenvalue weighted by atomic mass is 10.0. The van der Waals surface area contributed by atoms with E-state index in [9.17, 15) is 4.79 Å². The van der Waals surface area contributed by atoms with Crippen LogP contribution in [0.1, 0.15) is 77.9 Å². The van der Waals surface area contributed by atoms with Gasteiger partial charge >= 0.3 is 0 Å². The molecule has 0 bridgehead atoms. The zero-order valence-electron chi connectivity index (χ0n) is 20.0. The van der Waals surface area contributed by atoms with Gasteiger partial charge in [-0.15, -0.1) is 0 Å². The number of fused-ring (bicyclic) bond motifs is 1. The number of nitrogens with zero attached hydrogens (tertiary/aromatic N) is 1. The highest BCUT2D eigenvalue weighted by Crippen LogP contribution is 2.41. The molecule has 0 N–H and O–H groups in total. The summed E-state index contributed by atoms with van der Waals surface area (Å²) in [4.78, 5) is 15.3.